The van der Waals surface area contributed by atoms with Crippen molar-refractivity contribution in [2.45, 2.75) is 18.9 Å². The fourth-order valence-corrected chi connectivity index (χ4v) is 3.29. The first-order valence-corrected chi connectivity index (χ1v) is 10.00. The van der Waals surface area contributed by atoms with Crippen LogP contribution in [0, 0.1) is 0 Å². The van der Waals surface area contributed by atoms with E-state index in [0.29, 0.717) is 34.3 Å². The molecule has 0 spiro atoms. The monoisotopic (exact) mass is 453 g/mol. The number of benzene rings is 1. The molecule has 0 bridgehead atoms. The largest absolute Gasteiger partial charge is 0.493 e. The summed E-state index contributed by atoms with van der Waals surface area (Å²) in [6.07, 6.45) is 4.37. The highest BCUT2D eigenvalue weighted by atomic mass is 16.5. The number of nitrogens with zero attached hydrogens (tertiary/aromatic N) is 1. The predicted octanol–water partition coefficient (Wildman–Crippen LogP) is 1.85. The van der Waals surface area contributed by atoms with E-state index in [1.807, 2.05) is 0 Å². The van der Waals surface area contributed by atoms with Crippen LogP contribution >= 0.6 is 0 Å². The molecule has 0 saturated heterocycles. The van der Waals surface area contributed by atoms with Crippen molar-refractivity contribution in [2.75, 3.05) is 26.6 Å². The number of aromatic nitrogens is 1. The van der Waals surface area contributed by atoms with Crippen LogP contribution in [0.15, 0.2) is 36.5 Å². The molecule has 10 heteroatoms. The summed E-state index contributed by atoms with van der Waals surface area (Å²) in [5.74, 6) is -1.45. The van der Waals surface area contributed by atoms with E-state index < -0.39 is 29.3 Å². The number of Topliss-reactive ketones (excluding diaryl/α,β-unsaturated/α-hetero) is 3. The molecule has 1 fully saturated rings. The van der Waals surface area contributed by atoms with Gasteiger partial charge >= 0.3 is 0 Å². The molecule has 1 aliphatic carbocycles. The van der Waals surface area contributed by atoms with Gasteiger partial charge in [0, 0.05) is 42.1 Å². The standard InChI is InChI=1S/C23H23N3O7/c1-31-17-11-14(12-18(32-2)22(17)33-3)25-23-13(5-4-10-24-23)6-9-19(28)26-15-7-8-16(27)21(30)20(15)29/h4-6,9-12,15H,7-8H2,1-3H3,(H,24,25)(H,26,28)/b9-6+. The Morgan fingerprint density at radius 1 is 1.09 bits per heavy atom. The molecule has 1 aliphatic rings. The molecule has 2 aromatic rings. The van der Waals surface area contributed by atoms with Gasteiger partial charge in [-0.2, -0.15) is 0 Å². The summed E-state index contributed by atoms with van der Waals surface area (Å²) in [6.45, 7) is 0. The molecule has 1 atom stereocenters. The third-order valence-electron chi connectivity index (χ3n) is 4.95. The maximum Gasteiger partial charge on any atom is 0.266 e. The van der Waals surface area contributed by atoms with Crippen LogP contribution in [0.2, 0.25) is 0 Å². The third-order valence-corrected chi connectivity index (χ3v) is 4.95. The normalized spacial score (nSPS) is 16.0. The summed E-state index contributed by atoms with van der Waals surface area (Å²) in [5, 5.41) is 5.62. The number of rotatable bonds is 8. The van der Waals surface area contributed by atoms with E-state index in [2.05, 4.69) is 15.6 Å². The van der Waals surface area contributed by atoms with Gasteiger partial charge in [0.2, 0.25) is 23.2 Å². The summed E-state index contributed by atoms with van der Waals surface area (Å²) in [5.41, 5.74) is 1.20. The molecule has 10 nitrogen and oxygen atoms in total. The molecule has 1 aromatic carbocycles. The minimum Gasteiger partial charge on any atom is -0.493 e. The van der Waals surface area contributed by atoms with E-state index in [4.69, 9.17) is 14.2 Å². The van der Waals surface area contributed by atoms with Gasteiger partial charge in [-0.1, -0.05) is 0 Å². The predicted molar refractivity (Wildman–Crippen MR) is 119 cm³/mol. The summed E-state index contributed by atoms with van der Waals surface area (Å²) in [6, 6.07) is 5.86. The van der Waals surface area contributed by atoms with E-state index in [-0.39, 0.29) is 12.8 Å². The summed E-state index contributed by atoms with van der Waals surface area (Å²) >= 11 is 0. The number of ketones is 3. The van der Waals surface area contributed by atoms with Gasteiger partial charge in [-0.15, -0.1) is 0 Å². The number of hydrogen-bond acceptors (Lipinski definition) is 9. The molecular formula is C23H23N3O7. The smallest absolute Gasteiger partial charge is 0.266 e. The first kappa shape index (κ1) is 23.5. The van der Waals surface area contributed by atoms with Gasteiger partial charge in [-0.3, -0.25) is 19.2 Å². The molecule has 1 amide bonds. The average Bonchev–Trinajstić information content (AvgIpc) is 2.83. The molecule has 0 aliphatic heterocycles. The maximum atomic E-state index is 12.3. The second kappa shape index (κ2) is 10.4. The second-order valence-corrected chi connectivity index (χ2v) is 7.03. The minimum atomic E-state index is -1.07. The third kappa shape index (κ3) is 5.35. The number of methoxy groups -OCH3 is 3. The van der Waals surface area contributed by atoms with Gasteiger partial charge in [-0.05, 0) is 24.6 Å². The zero-order valence-corrected chi connectivity index (χ0v) is 18.3. The lowest BCUT2D eigenvalue weighted by atomic mass is 9.92. The number of pyridine rings is 1. The molecular weight excluding hydrogens is 430 g/mol. The van der Waals surface area contributed by atoms with Gasteiger partial charge in [-0.25, -0.2) is 4.98 Å². The molecule has 33 heavy (non-hydrogen) atoms. The number of ether oxygens (including phenoxy) is 3. The molecule has 1 heterocycles. The van der Waals surface area contributed by atoms with E-state index in [0.717, 1.165) is 0 Å². The number of amides is 1. The van der Waals surface area contributed by atoms with Crippen molar-refractivity contribution in [1.82, 2.24) is 10.3 Å². The van der Waals surface area contributed by atoms with Crippen LogP contribution in [-0.4, -0.2) is 55.6 Å². The molecule has 0 radical (unpaired) electrons. The Labute approximate surface area is 189 Å². The van der Waals surface area contributed by atoms with Crippen molar-refractivity contribution < 1.29 is 33.4 Å². The molecule has 3 rings (SSSR count). The van der Waals surface area contributed by atoms with Crippen LogP contribution in [-0.2, 0) is 19.2 Å². The quantitative estimate of drug-likeness (QED) is 0.454. The maximum absolute atomic E-state index is 12.3. The SMILES string of the molecule is COc1cc(Nc2ncccc2/C=C/C(=O)NC2CCC(=O)C(=O)C2=O)cc(OC)c1OC. The van der Waals surface area contributed by atoms with Crippen LogP contribution in [0.1, 0.15) is 18.4 Å². The number of carbonyl (C=O) groups excluding carboxylic acids is 4. The Kier molecular flexibility index (Phi) is 7.39. The summed E-state index contributed by atoms with van der Waals surface area (Å²) in [4.78, 5) is 51.3. The summed E-state index contributed by atoms with van der Waals surface area (Å²) in [7, 11) is 4.53. The lowest BCUT2D eigenvalue weighted by molar-refractivity contribution is -0.147. The Hall–Kier alpha value is -4.21. The molecule has 1 unspecified atom stereocenters. The lowest BCUT2D eigenvalue weighted by Crippen LogP contribution is -2.48. The van der Waals surface area contributed by atoms with Gasteiger partial charge < -0.3 is 24.8 Å². The number of hydrogen-bond donors (Lipinski definition) is 2. The molecule has 2 N–H and O–H groups in total. The highest BCUT2D eigenvalue weighted by Crippen LogP contribution is 2.40. The van der Waals surface area contributed by atoms with Crippen LogP contribution < -0.4 is 24.8 Å². The van der Waals surface area contributed by atoms with Crippen molar-refractivity contribution in [3.05, 3.63) is 42.1 Å². The minimum absolute atomic E-state index is 0.0648. The first-order valence-electron chi connectivity index (χ1n) is 10.00. The van der Waals surface area contributed by atoms with Crippen LogP contribution in [0.4, 0.5) is 11.5 Å². The van der Waals surface area contributed by atoms with E-state index in [9.17, 15) is 19.2 Å². The Morgan fingerprint density at radius 3 is 2.42 bits per heavy atom. The fraction of sp³-hybridized carbons (Fsp3) is 0.261. The van der Waals surface area contributed by atoms with Gasteiger partial charge in [0.05, 0.1) is 27.4 Å². The van der Waals surface area contributed by atoms with Gasteiger partial charge in [0.15, 0.2) is 11.5 Å². The van der Waals surface area contributed by atoms with Crippen LogP contribution in [0.3, 0.4) is 0 Å². The Balaban J connectivity index is 1.76. The zero-order chi connectivity index (χ0) is 24.0. The topological polar surface area (TPSA) is 133 Å². The van der Waals surface area contributed by atoms with E-state index in [1.165, 1.54) is 33.5 Å². The summed E-state index contributed by atoms with van der Waals surface area (Å²) < 4.78 is 16.0. The highest BCUT2D eigenvalue weighted by molar-refractivity contribution is 6.65. The number of nitrogens with one attached hydrogen (secondary N) is 2. The van der Waals surface area contributed by atoms with Crippen LogP contribution in [0.25, 0.3) is 6.08 Å². The molecule has 172 valence electrons. The number of carbonyl (C=O) groups is 4. The highest BCUT2D eigenvalue weighted by Gasteiger charge is 2.35. The molecule has 1 saturated carbocycles. The van der Waals surface area contributed by atoms with Gasteiger partial charge in [0.25, 0.3) is 5.78 Å². The van der Waals surface area contributed by atoms with E-state index >= 15 is 0 Å². The van der Waals surface area contributed by atoms with Crippen molar-refractivity contribution in [1.29, 1.82) is 0 Å². The lowest BCUT2D eigenvalue weighted by Gasteiger charge is -2.19. The Bertz CT molecular complexity index is 1100. The fourth-order valence-electron chi connectivity index (χ4n) is 3.29. The van der Waals surface area contributed by atoms with Crippen LogP contribution in [0.5, 0.6) is 17.2 Å². The van der Waals surface area contributed by atoms with Crippen molar-refractivity contribution in [3.63, 3.8) is 0 Å². The van der Waals surface area contributed by atoms with Gasteiger partial charge in [0.1, 0.15) is 5.82 Å². The van der Waals surface area contributed by atoms with E-state index in [1.54, 1.807) is 30.5 Å². The average molecular weight is 453 g/mol. The van der Waals surface area contributed by atoms with Crippen molar-refractivity contribution in [2.24, 2.45) is 0 Å². The van der Waals surface area contributed by atoms with Crippen molar-refractivity contribution in [3.8, 4) is 17.2 Å². The Morgan fingerprint density at radius 2 is 1.79 bits per heavy atom. The second-order valence-electron chi connectivity index (χ2n) is 7.03. The molecule has 1 aromatic heterocycles. The first-order chi connectivity index (χ1) is 15.9. The van der Waals surface area contributed by atoms with Crippen molar-refractivity contribution >= 4 is 40.8 Å². The number of anilines is 2. The zero-order valence-electron chi connectivity index (χ0n) is 18.3.